The van der Waals surface area contributed by atoms with Crippen molar-refractivity contribution >= 4 is 11.8 Å². The molecule has 2 atom stereocenters. The highest BCUT2D eigenvalue weighted by Gasteiger charge is 2.14. The Morgan fingerprint density at radius 2 is 1.88 bits per heavy atom. The third kappa shape index (κ3) is 4.57. The molecule has 1 aliphatic rings. The van der Waals surface area contributed by atoms with Crippen LogP contribution in [0.2, 0.25) is 0 Å². The van der Waals surface area contributed by atoms with Gasteiger partial charge in [0.1, 0.15) is 6.10 Å². The summed E-state index contributed by atoms with van der Waals surface area (Å²) in [5, 5.41) is 9.45. The van der Waals surface area contributed by atoms with E-state index < -0.39 is 17.9 Å². The van der Waals surface area contributed by atoms with Gasteiger partial charge in [0.15, 0.2) is 5.78 Å². The van der Waals surface area contributed by atoms with Crippen LogP contribution in [0.25, 0.3) is 0 Å². The zero-order valence-electron chi connectivity index (χ0n) is 9.52. The van der Waals surface area contributed by atoms with Gasteiger partial charge in [0.25, 0.3) is 0 Å². The summed E-state index contributed by atoms with van der Waals surface area (Å²) in [6, 6.07) is 0. The van der Waals surface area contributed by atoms with E-state index in [1.165, 1.54) is 0 Å². The van der Waals surface area contributed by atoms with Gasteiger partial charge in [0, 0.05) is 6.08 Å². The Hall–Kier alpha value is -1.16. The molecule has 0 bridgehead atoms. The van der Waals surface area contributed by atoms with Gasteiger partial charge >= 0.3 is 5.97 Å². The molecule has 4 nitrogen and oxygen atoms in total. The summed E-state index contributed by atoms with van der Waals surface area (Å²) in [7, 11) is 0. The molecule has 0 radical (unpaired) electrons. The lowest BCUT2D eigenvalue weighted by molar-refractivity contribution is -0.142. The van der Waals surface area contributed by atoms with Gasteiger partial charge in [-0.15, -0.1) is 0 Å². The Bertz CT molecular complexity index is 283. The smallest absolute Gasteiger partial charge is 0.331 e. The number of hydrogen-bond donors (Lipinski definition) is 1. The molecule has 0 saturated heterocycles. The highest BCUT2D eigenvalue weighted by molar-refractivity contribution is 5.98. The first-order chi connectivity index (χ1) is 7.59. The molecule has 1 heterocycles. The van der Waals surface area contributed by atoms with Crippen molar-refractivity contribution in [2.24, 2.45) is 0 Å². The molecule has 1 N–H and O–H groups in total. The Kier molecular flexibility index (Phi) is 5.19. The number of hydrogen-bond acceptors (Lipinski definition) is 4. The Morgan fingerprint density at radius 3 is 2.62 bits per heavy atom. The van der Waals surface area contributed by atoms with Crippen molar-refractivity contribution in [2.45, 2.75) is 51.2 Å². The van der Waals surface area contributed by atoms with Crippen LogP contribution in [0.3, 0.4) is 0 Å². The van der Waals surface area contributed by atoms with Crippen molar-refractivity contribution < 1.29 is 19.4 Å². The summed E-state index contributed by atoms with van der Waals surface area (Å²) in [4.78, 5) is 22.5. The fraction of sp³-hybridized carbons (Fsp3) is 0.667. The molecule has 0 aliphatic carbocycles. The largest absolute Gasteiger partial charge is 0.460 e. The second-order valence-corrected chi connectivity index (χ2v) is 4.14. The molecular formula is C12H18O4. The first-order valence-electron chi connectivity index (χ1n) is 5.70. The molecule has 0 fully saturated rings. The number of ketones is 1. The summed E-state index contributed by atoms with van der Waals surface area (Å²) in [6.45, 7) is 1.84. The topological polar surface area (TPSA) is 63.6 Å². The fourth-order valence-electron chi connectivity index (χ4n) is 1.65. The molecule has 1 unspecified atom stereocenters. The molecule has 1 aliphatic heterocycles. The van der Waals surface area contributed by atoms with E-state index in [0.717, 1.165) is 37.8 Å². The third-order valence-corrected chi connectivity index (χ3v) is 2.62. The highest BCUT2D eigenvalue weighted by atomic mass is 16.5. The maximum Gasteiger partial charge on any atom is 0.331 e. The van der Waals surface area contributed by atoms with E-state index in [4.69, 9.17) is 4.74 Å². The normalized spacial score (nSPS) is 31.1. The van der Waals surface area contributed by atoms with Crippen LogP contribution < -0.4 is 0 Å². The van der Waals surface area contributed by atoms with Crippen molar-refractivity contribution in [1.82, 2.24) is 0 Å². The molecule has 16 heavy (non-hydrogen) atoms. The average molecular weight is 226 g/mol. The Balaban J connectivity index is 2.61. The van der Waals surface area contributed by atoms with E-state index in [-0.39, 0.29) is 6.10 Å². The van der Waals surface area contributed by atoms with Crippen molar-refractivity contribution in [2.75, 3.05) is 0 Å². The average Bonchev–Trinajstić information content (AvgIpc) is 2.23. The van der Waals surface area contributed by atoms with Gasteiger partial charge in [-0.2, -0.15) is 0 Å². The van der Waals surface area contributed by atoms with Crippen LogP contribution in [0, 0.1) is 0 Å². The summed E-state index contributed by atoms with van der Waals surface area (Å²) in [6.07, 6.45) is 5.08. The molecule has 4 heteroatoms. The van der Waals surface area contributed by atoms with E-state index in [9.17, 15) is 14.7 Å². The van der Waals surface area contributed by atoms with Crippen LogP contribution >= 0.6 is 0 Å². The molecule has 0 aromatic rings. The zero-order chi connectivity index (χ0) is 12.0. The number of aliphatic hydroxyl groups is 1. The number of carbonyl (C=O) groups is 2. The highest BCUT2D eigenvalue weighted by Crippen LogP contribution is 2.11. The number of rotatable bonds is 0. The van der Waals surface area contributed by atoms with Crippen LogP contribution in [-0.2, 0) is 14.3 Å². The number of carbonyl (C=O) groups excluding carboxylic acids is 2. The fourth-order valence-corrected chi connectivity index (χ4v) is 1.65. The van der Waals surface area contributed by atoms with Crippen molar-refractivity contribution in [3.8, 4) is 0 Å². The number of cyclic esters (lactones) is 1. The minimum absolute atomic E-state index is 0.114. The van der Waals surface area contributed by atoms with E-state index in [1.807, 2.05) is 6.92 Å². The molecule has 90 valence electrons. The van der Waals surface area contributed by atoms with E-state index in [0.29, 0.717) is 6.42 Å². The SMILES string of the molecule is CC1CCCCC[C@@H](O)C(=O)/C=C/C(=O)O1. The van der Waals surface area contributed by atoms with Gasteiger partial charge in [0.2, 0.25) is 0 Å². The van der Waals surface area contributed by atoms with Gasteiger partial charge in [0.05, 0.1) is 6.10 Å². The predicted molar refractivity (Wildman–Crippen MR) is 58.8 cm³/mol. The van der Waals surface area contributed by atoms with Gasteiger partial charge in [-0.1, -0.05) is 12.8 Å². The van der Waals surface area contributed by atoms with Gasteiger partial charge in [-0.3, -0.25) is 4.79 Å². The maximum absolute atomic E-state index is 11.3. The van der Waals surface area contributed by atoms with Gasteiger partial charge in [-0.25, -0.2) is 4.79 Å². The van der Waals surface area contributed by atoms with Crippen LogP contribution in [0.15, 0.2) is 12.2 Å². The second-order valence-electron chi connectivity index (χ2n) is 4.14. The second kappa shape index (κ2) is 6.43. The van der Waals surface area contributed by atoms with Crippen LogP contribution in [0.5, 0.6) is 0 Å². The maximum atomic E-state index is 11.3. The van der Waals surface area contributed by atoms with Gasteiger partial charge < -0.3 is 9.84 Å². The molecule has 0 spiro atoms. The zero-order valence-corrected chi connectivity index (χ0v) is 9.52. The van der Waals surface area contributed by atoms with E-state index in [1.54, 1.807) is 0 Å². The summed E-state index contributed by atoms with van der Waals surface area (Å²) >= 11 is 0. The Labute approximate surface area is 95.3 Å². The summed E-state index contributed by atoms with van der Waals surface area (Å²) < 4.78 is 5.05. The molecule has 0 aromatic carbocycles. The molecular weight excluding hydrogens is 208 g/mol. The molecule has 0 aromatic heterocycles. The molecule has 1 rings (SSSR count). The lowest BCUT2D eigenvalue weighted by atomic mass is 10.0. The number of aliphatic hydroxyl groups excluding tert-OH is 1. The minimum Gasteiger partial charge on any atom is -0.460 e. The van der Waals surface area contributed by atoms with Gasteiger partial charge in [-0.05, 0) is 32.3 Å². The third-order valence-electron chi connectivity index (χ3n) is 2.62. The van der Waals surface area contributed by atoms with Crippen LogP contribution in [0.4, 0.5) is 0 Å². The van der Waals surface area contributed by atoms with Crippen molar-refractivity contribution in [3.63, 3.8) is 0 Å². The quantitative estimate of drug-likeness (QED) is 0.634. The van der Waals surface area contributed by atoms with Crippen LogP contribution in [-0.4, -0.2) is 29.1 Å². The number of ether oxygens (including phenoxy) is 1. The predicted octanol–water partition coefficient (Wildman–Crippen LogP) is 1.37. The first-order valence-corrected chi connectivity index (χ1v) is 5.70. The Morgan fingerprint density at radius 1 is 1.19 bits per heavy atom. The van der Waals surface area contributed by atoms with Crippen molar-refractivity contribution in [3.05, 3.63) is 12.2 Å². The van der Waals surface area contributed by atoms with E-state index in [2.05, 4.69) is 0 Å². The summed E-state index contributed by atoms with van der Waals surface area (Å²) in [5.74, 6) is -0.946. The lowest BCUT2D eigenvalue weighted by Gasteiger charge is -2.13. The van der Waals surface area contributed by atoms with E-state index >= 15 is 0 Å². The minimum atomic E-state index is -0.985. The monoisotopic (exact) mass is 226 g/mol. The van der Waals surface area contributed by atoms with Crippen LogP contribution in [0.1, 0.15) is 39.0 Å². The molecule has 0 amide bonds. The summed E-state index contributed by atoms with van der Waals surface area (Å²) in [5.41, 5.74) is 0. The standard InChI is InChI=1S/C12H18O4/c1-9-5-3-2-4-6-10(13)11(14)7-8-12(15)16-9/h7-10,13H,2-6H2,1H3/b8-7+/t9?,10-/m1/s1. The number of esters is 1. The molecule has 0 saturated carbocycles. The first kappa shape index (κ1) is 12.9. The van der Waals surface area contributed by atoms with Crippen molar-refractivity contribution in [1.29, 1.82) is 0 Å². The lowest BCUT2D eigenvalue weighted by Crippen LogP contribution is -2.20.